The summed E-state index contributed by atoms with van der Waals surface area (Å²) in [6.07, 6.45) is 3.32. The number of nitrogens with zero attached hydrogens (tertiary/aromatic N) is 2. The smallest absolute Gasteiger partial charge is 0.322 e. The first-order valence-electron chi connectivity index (χ1n) is 6.58. The predicted octanol–water partition coefficient (Wildman–Crippen LogP) is 1.71. The lowest BCUT2D eigenvalue weighted by molar-refractivity contribution is 0.184. The fourth-order valence-electron chi connectivity index (χ4n) is 2.54. The van der Waals surface area contributed by atoms with Crippen LogP contribution in [0.4, 0.5) is 16.2 Å². The van der Waals surface area contributed by atoms with Crippen LogP contribution in [0.3, 0.4) is 0 Å². The van der Waals surface area contributed by atoms with Gasteiger partial charge in [-0.1, -0.05) is 6.08 Å². The first kappa shape index (κ1) is 11.9. The van der Waals surface area contributed by atoms with Gasteiger partial charge in [0.1, 0.15) is 0 Å². The largest absolute Gasteiger partial charge is 0.399 e. The Bertz CT molecular complexity index is 509. The minimum absolute atomic E-state index is 0.0442. The van der Waals surface area contributed by atoms with Gasteiger partial charge in [-0.3, -0.25) is 0 Å². The molecule has 0 atom stereocenters. The second kappa shape index (κ2) is 4.84. The molecule has 5 nitrogen and oxygen atoms in total. The van der Waals surface area contributed by atoms with Gasteiger partial charge in [-0.2, -0.15) is 0 Å². The second-order valence-electron chi connectivity index (χ2n) is 4.94. The first-order valence-corrected chi connectivity index (χ1v) is 6.58. The quantitative estimate of drug-likeness (QED) is 0.754. The number of urea groups is 1. The number of amides is 2. The lowest BCUT2D eigenvalue weighted by Gasteiger charge is -2.35. The fourth-order valence-corrected chi connectivity index (χ4v) is 2.54. The summed E-state index contributed by atoms with van der Waals surface area (Å²) in [5.74, 6) is 0. The Morgan fingerprint density at radius 3 is 2.74 bits per heavy atom. The van der Waals surface area contributed by atoms with Crippen LogP contribution in [0.15, 0.2) is 36.0 Å². The third-order valence-electron chi connectivity index (χ3n) is 3.63. The van der Waals surface area contributed by atoms with Gasteiger partial charge in [0.15, 0.2) is 0 Å². The van der Waals surface area contributed by atoms with E-state index in [1.165, 1.54) is 5.70 Å². The van der Waals surface area contributed by atoms with Gasteiger partial charge in [0.25, 0.3) is 0 Å². The van der Waals surface area contributed by atoms with E-state index in [1.54, 1.807) is 12.1 Å². The number of carbonyl (C=O) groups excluding carboxylic acids is 1. The zero-order chi connectivity index (χ0) is 13.2. The number of nitrogens with two attached hydrogens (primary N) is 1. The van der Waals surface area contributed by atoms with Crippen molar-refractivity contribution >= 4 is 17.4 Å². The van der Waals surface area contributed by atoms with Crippen molar-refractivity contribution in [1.29, 1.82) is 0 Å². The Labute approximate surface area is 112 Å². The Morgan fingerprint density at radius 1 is 1.16 bits per heavy atom. The highest BCUT2D eigenvalue weighted by Crippen LogP contribution is 2.20. The van der Waals surface area contributed by atoms with Crippen molar-refractivity contribution in [1.82, 2.24) is 9.80 Å². The molecule has 2 amide bonds. The van der Waals surface area contributed by atoms with Gasteiger partial charge < -0.3 is 20.9 Å². The van der Waals surface area contributed by atoms with Crippen LogP contribution in [-0.4, -0.2) is 42.0 Å². The maximum atomic E-state index is 12.2. The van der Waals surface area contributed by atoms with Crippen molar-refractivity contribution in [2.45, 2.75) is 6.42 Å². The van der Waals surface area contributed by atoms with E-state index in [9.17, 15) is 4.79 Å². The molecule has 1 aromatic rings. The van der Waals surface area contributed by atoms with E-state index in [0.29, 0.717) is 12.2 Å². The SMILES string of the molecule is Nc1ccc(NC(=O)N2CCN3CCC=C3C2)cc1. The number of hydrogen-bond acceptors (Lipinski definition) is 3. The van der Waals surface area contributed by atoms with Crippen molar-refractivity contribution in [3.63, 3.8) is 0 Å². The highest BCUT2D eigenvalue weighted by atomic mass is 16.2. The van der Waals surface area contributed by atoms with Crippen LogP contribution in [0.2, 0.25) is 0 Å². The second-order valence-corrected chi connectivity index (χ2v) is 4.94. The van der Waals surface area contributed by atoms with Crippen LogP contribution >= 0.6 is 0 Å². The number of fused-ring (bicyclic) bond motifs is 1. The number of benzene rings is 1. The number of nitrogens with one attached hydrogen (secondary N) is 1. The summed E-state index contributed by atoms with van der Waals surface area (Å²) < 4.78 is 0. The van der Waals surface area contributed by atoms with Crippen LogP contribution in [0.1, 0.15) is 6.42 Å². The number of piperazine rings is 1. The highest BCUT2D eigenvalue weighted by Gasteiger charge is 2.26. The molecule has 0 saturated carbocycles. The summed E-state index contributed by atoms with van der Waals surface area (Å²) >= 11 is 0. The molecular formula is C14H18N4O. The minimum atomic E-state index is -0.0442. The van der Waals surface area contributed by atoms with Gasteiger partial charge in [0, 0.05) is 36.7 Å². The first-order chi connectivity index (χ1) is 9.22. The average molecular weight is 258 g/mol. The lowest BCUT2D eigenvalue weighted by atomic mass is 10.2. The van der Waals surface area contributed by atoms with Crippen LogP contribution in [0.25, 0.3) is 0 Å². The molecule has 1 aromatic carbocycles. The van der Waals surface area contributed by atoms with Crippen molar-refractivity contribution in [2.24, 2.45) is 0 Å². The summed E-state index contributed by atoms with van der Waals surface area (Å²) in [5, 5.41) is 2.90. The summed E-state index contributed by atoms with van der Waals surface area (Å²) in [5.41, 5.74) is 8.38. The number of anilines is 2. The van der Waals surface area contributed by atoms with E-state index in [0.717, 1.165) is 31.7 Å². The number of nitrogen functional groups attached to an aromatic ring is 1. The van der Waals surface area contributed by atoms with Gasteiger partial charge in [0.05, 0.1) is 6.54 Å². The predicted molar refractivity (Wildman–Crippen MR) is 75.7 cm³/mol. The van der Waals surface area contributed by atoms with Crippen molar-refractivity contribution in [2.75, 3.05) is 37.2 Å². The molecule has 19 heavy (non-hydrogen) atoms. The average Bonchev–Trinajstić information content (AvgIpc) is 2.88. The summed E-state index contributed by atoms with van der Waals surface area (Å²) in [4.78, 5) is 16.4. The van der Waals surface area contributed by atoms with Crippen LogP contribution in [0.5, 0.6) is 0 Å². The molecule has 3 N–H and O–H groups in total. The molecular weight excluding hydrogens is 240 g/mol. The third kappa shape index (κ3) is 2.50. The molecule has 5 heteroatoms. The zero-order valence-corrected chi connectivity index (χ0v) is 10.8. The van der Waals surface area contributed by atoms with E-state index in [-0.39, 0.29) is 6.03 Å². The normalized spacial score (nSPS) is 18.0. The maximum Gasteiger partial charge on any atom is 0.322 e. The minimum Gasteiger partial charge on any atom is -0.399 e. The third-order valence-corrected chi connectivity index (χ3v) is 3.63. The molecule has 0 aliphatic carbocycles. The summed E-state index contributed by atoms with van der Waals surface area (Å²) in [7, 11) is 0. The van der Waals surface area contributed by atoms with Crippen LogP contribution in [0, 0.1) is 0 Å². The molecule has 1 saturated heterocycles. The molecule has 0 aromatic heterocycles. The Balaban J connectivity index is 1.63. The molecule has 0 spiro atoms. The van der Waals surface area contributed by atoms with E-state index in [1.807, 2.05) is 17.0 Å². The van der Waals surface area contributed by atoms with Gasteiger partial charge in [0.2, 0.25) is 0 Å². The Hall–Kier alpha value is -2.17. The van der Waals surface area contributed by atoms with E-state index in [2.05, 4.69) is 16.3 Å². The maximum absolute atomic E-state index is 12.2. The molecule has 0 radical (unpaired) electrons. The molecule has 2 aliphatic rings. The van der Waals surface area contributed by atoms with Gasteiger partial charge >= 0.3 is 6.03 Å². The monoisotopic (exact) mass is 258 g/mol. The topological polar surface area (TPSA) is 61.6 Å². The summed E-state index contributed by atoms with van der Waals surface area (Å²) in [6, 6.07) is 7.16. The highest BCUT2D eigenvalue weighted by molar-refractivity contribution is 5.89. The molecule has 100 valence electrons. The summed E-state index contributed by atoms with van der Waals surface area (Å²) in [6.45, 7) is 3.52. The molecule has 1 fully saturated rings. The molecule has 0 bridgehead atoms. The van der Waals surface area contributed by atoms with Gasteiger partial charge in [-0.15, -0.1) is 0 Å². The van der Waals surface area contributed by atoms with E-state index >= 15 is 0 Å². The van der Waals surface area contributed by atoms with Crippen molar-refractivity contribution in [3.05, 3.63) is 36.0 Å². The van der Waals surface area contributed by atoms with Crippen LogP contribution < -0.4 is 11.1 Å². The van der Waals surface area contributed by atoms with Gasteiger partial charge in [-0.05, 0) is 30.7 Å². The lowest BCUT2D eigenvalue weighted by Crippen LogP contribution is -2.47. The Kier molecular flexibility index (Phi) is 3.03. The molecule has 3 rings (SSSR count). The zero-order valence-electron chi connectivity index (χ0n) is 10.8. The van der Waals surface area contributed by atoms with E-state index < -0.39 is 0 Å². The fraction of sp³-hybridized carbons (Fsp3) is 0.357. The van der Waals surface area contributed by atoms with E-state index in [4.69, 9.17) is 5.73 Å². The van der Waals surface area contributed by atoms with Crippen molar-refractivity contribution in [3.8, 4) is 0 Å². The molecule has 2 heterocycles. The van der Waals surface area contributed by atoms with Crippen molar-refractivity contribution < 1.29 is 4.79 Å². The number of carbonyl (C=O) groups is 1. The van der Waals surface area contributed by atoms with Crippen LogP contribution in [-0.2, 0) is 0 Å². The Morgan fingerprint density at radius 2 is 1.95 bits per heavy atom. The van der Waals surface area contributed by atoms with Gasteiger partial charge in [-0.25, -0.2) is 4.79 Å². The number of rotatable bonds is 1. The molecule has 2 aliphatic heterocycles. The standard InChI is InChI=1S/C14H18N4O/c15-11-3-5-12(6-4-11)16-14(19)18-9-8-17-7-1-2-13(17)10-18/h2-6H,1,7-10,15H2,(H,16,19). The number of hydrogen-bond donors (Lipinski definition) is 2. The molecule has 0 unspecified atom stereocenters.